The zero-order valence-electron chi connectivity index (χ0n) is 12.7. The molecule has 2 nitrogen and oxygen atoms in total. The first-order valence-electron chi connectivity index (χ1n) is 7.51. The van der Waals surface area contributed by atoms with Crippen molar-refractivity contribution in [2.75, 3.05) is 20.6 Å². The Bertz CT molecular complexity index is 398. The highest BCUT2D eigenvalue weighted by Crippen LogP contribution is 2.32. The van der Waals surface area contributed by atoms with E-state index < -0.39 is 0 Å². The first-order chi connectivity index (χ1) is 9.10. The van der Waals surface area contributed by atoms with Crippen LogP contribution in [-0.4, -0.2) is 31.6 Å². The molecule has 19 heavy (non-hydrogen) atoms. The van der Waals surface area contributed by atoms with Crippen molar-refractivity contribution in [3.63, 3.8) is 0 Å². The third-order valence-corrected chi connectivity index (χ3v) is 3.89. The predicted octanol–water partition coefficient (Wildman–Crippen LogP) is 3.92. The molecule has 106 valence electrons. The van der Waals surface area contributed by atoms with Gasteiger partial charge >= 0.3 is 0 Å². The van der Waals surface area contributed by atoms with E-state index in [0.717, 1.165) is 12.3 Å². The average Bonchev–Trinajstić information content (AvgIpc) is 3.13. The third-order valence-electron chi connectivity index (χ3n) is 3.89. The van der Waals surface area contributed by atoms with E-state index in [1.165, 1.54) is 24.8 Å². The molecule has 0 bridgehead atoms. The van der Waals surface area contributed by atoms with Gasteiger partial charge < -0.3 is 9.64 Å². The number of hydrogen-bond acceptors (Lipinski definition) is 2. The van der Waals surface area contributed by atoms with Crippen LogP contribution in [0.1, 0.15) is 44.6 Å². The fourth-order valence-electron chi connectivity index (χ4n) is 2.87. The van der Waals surface area contributed by atoms with Crippen LogP contribution >= 0.6 is 0 Å². The van der Waals surface area contributed by atoms with Gasteiger partial charge in [0, 0.05) is 6.54 Å². The Kier molecular flexibility index (Phi) is 4.87. The number of nitrogens with zero attached hydrogens (tertiary/aromatic N) is 1. The van der Waals surface area contributed by atoms with Crippen LogP contribution in [0.4, 0.5) is 0 Å². The van der Waals surface area contributed by atoms with Gasteiger partial charge in [-0.05, 0) is 62.9 Å². The number of ether oxygens (including phenoxy) is 1. The van der Waals surface area contributed by atoms with Gasteiger partial charge in [0.15, 0.2) is 0 Å². The first-order valence-corrected chi connectivity index (χ1v) is 7.51. The molecule has 1 aliphatic carbocycles. The van der Waals surface area contributed by atoms with E-state index in [9.17, 15) is 0 Å². The number of rotatable bonds is 7. The standard InChI is InChI=1S/C17H27NO/c1-5-17(13(2)12-18(3)4)14-7-6-8-16(11-14)19-15-9-10-15/h6-8,11,13,15,17H,5,9-10,12H2,1-4H3/t13-,17+/m0/s1. The lowest BCUT2D eigenvalue weighted by Gasteiger charge is -2.26. The normalized spacial score (nSPS) is 18.4. The van der Waals surface area contributed by atoms with Crippen molar-refractivity contribution in [2.45, 2.75) is 45.1 Å². The maximum Gasteiger partial charge on any atom is 0.120 e. The molecule has 2 rings (SSSR count). The second-order valence-electron chi connectivity index (χ2n) is 6.14. The number of benzene rings is 1. The summed E-state index contributed by atoms with van der Waals surface area (Å²) in [6.45, 7) is 5.76. The molecule has 1 fully saturated rings. The summed E-state index contributed by atoms with van der Waals surface area (Å²) in [4.78, 5) is 2.28. The third kappa shape index (κ3) is 4.24. The highest BCUT2D eigenvalue weighted by atomic mass is 16.5. The zero-order chi connectivity index (χ0) is 13.8. The van der Waals surface area contributed by atoms with Crippen molar-refractivity contribution in [1.29, 1.82) is 0 Å². The van der Waals surface area contributed by atoms with Crippen LogP contribution in [0.5, 0.6) is 5.75 Å². The van der Waals surface area contributed by atoms with Crippen molar-refractivity contribution in [2.24, 2.45) is 5.92 Å². The smallest absolute Gasteiger partial charge is 0.120 e. The van der Waals surface area contributed by atoms with Gasteiger partial charge in [0.05, 0.1) is 6.10 Å². The predicted molar refractivity (Wildman–Crippen MR) is 80.8 cm³/mol. The van der Waals surface area contributed by atoms with Crippen LogP contribution in [0.3, 0.4) is 0 Å². The lowest BCUT2D eigenvalue weighted by Crippen LogP contribution is -2.24. The summed E-state index contributed by atoms with van der Waals surface area (Å²) in [7, 11) is 4.30. The topological polar surface area (TPSA) is 12.5 Å². The molecule has 2 atom stereocenters. The molecule has 0 unspecified atom stereocenters. The monoisotopic (exact) mass is 261 g/mol. The van der Waals surface area contributed by atoms with Gasteiger partial charge in [-0.2, -0.15) is 0 Å². The van der Waals surface area contributed by atoms with Crippen LogP contribution in [0, 0.1) is 5.92 Å². The summed E-state index contributed by atoms with van der Waals surface area (Å²) >= 11 is 0. The van der Waals surface area contributed by atoms with Crippen LogP contribution in [0.2, 0.25) is 0 Å². The van der Waals surface area contributed by atoms with Gasteiger partial charge in [0.1, 0.15) is 5.75 Å². The lowest BCUT2D eigenvalue weighted by atomic mass is 9.85. The van der Waals surface area contributed by atoms with Gasteiger partial charge in [-0.1, -0.05) is 26.0 Å². The molecule has 0 heterocycles. The summed E-state index contributed by atoms with van der Waals surface area (Å²) in [6.07, 6.45) is 4.10. The summed E-state index contributed by atoms with van der Waals surface area (Å²) in [5.41, 5.74) is 1.43. The van der Waals surface area contributed by atoms with Gasteiger partial charge in [-0.25, -0.2) is 0 Å². The van der Waals surface area contributed by atoms with Crippen molar-refractivity contribution in [1.82, 2.24) is 4.90 Å². The Morgan fingerprint density at radius 2 is 2.05 bits per heavy atom. The largest absolute Gasteiger partial charge is 0.490 e. The maximum atomic E-state index is 5.91. The molecule has 0 N–H and O–H groups in total. The molecule has 0 amide bonds. The SMILES string of the molecule is CC[C@@H](c1cccc(OC2CC2)c1)[C@@H](C)CN(C)C. The molecule has 1 aromatic carbocycles. The molecule has 0 spiro atoms. The molecular formula is C17H27NO. The highest BCUT2D eigenvalue weighted by molar-refractivity contribution is 5.31. The van der Waals surface area contributed by atoms with E-state index in [4.69, 9.17) is 4.74 Å². The quantitative estimate of drug-likeness (QED) is 0.737. The van der Waals surface area contributed by atoms with Crippen LogP contribution in [0.15, 0.2) is 24.3 Å². The van der Waals surface area contributed by atoms with E-state index in [1.54, 1.807) is 0 Å². The lowest BCUT2D eigenvalue weighted by molar-refractivity contribution is 0.295. The van der Waals surface area contributed by atoms with Gasteiger partial charge in [0.25, 0.3) is 0 Å². The Morgan fingerprint density at radius 3 is 2.63 bits per heavy atom. The second kappa shape index (κ2) is 6.42. The zero-order valence-corrected chi connectivity index (χ0v) is 12.7. The minimum atomic E-state index is 0.481. The first kappa shape index (κ1) is 14.4. The van der Waals surface area contributed by atoms with Crippen LogP contribution in [-0.2, 0) is 0 Å². The highest BCUT2D eigenvalue weighted by Gasteiger charge is 2.24. The molecule has 0 aromatic heterocycles. The number of hydrogen-bond donors (Lipinski definition) is 0. The summed E-state index contributed by atoms with van der Waals surface area (Å²) < 4.78 is 5.91. The van der Waals surface area contributed by atoms with Crippen molar-refractivity contribution in [3.8, 4) is 5.75 Å². The Hall–Kier alpha value is -1.02. The van der Waals surface area contributed by atoms with Crippen molar-refractivity contribution >= 4 is 0 Å². The van der Waals surface area contributed by atoms with E-state index in [1.807, 2.05) is 0 Å². The summed E-state index contributed by atoms with van der Waals surface area (Å²) in [5.74, 6) is 2.33. The van der Waals surface area contributed by atoms with E-state index in [-0.39, 0.29) is 0 Å². The van der Waals surface area contributed by atoms with E-state index >= 15 is 0 Å². The van der Waals surface area contributed by atoms with Gasteiger partial charge in [-0.3, -0.25) is 0 Å². The average molecular weight is 261 g/mol. The molecule has 0 radical (unpaired) electrons. The maximum absolute atomic E-state index is 5.91. The molecule has 1 aliphatic rings. The molecule has 0 aliphatic heterocycles. The van der Waals surface area contributed by atoms with E-state index in [2.05, 4.69) is 57.1 Å². The molecule has 2 heteroatoms. The molecule has 1 saturated carbocycles. The Balaban J connectivity index is 2.07. The molecule has 0 saturated heterocycles. The summed E-state index contributed by atoms with van der Waals surface area (Å²) in [6, 6.07) is 8.72. The van der Waals surface area contributed by atoms with E-state index in [0.29, 0.717) is 17.9 Å². The van der Waals surface area contributed by atoms with Crippen LogP contribution in [0.25, 0.3) is 0 Å². The minimum Gasteiger partial charge on any atom is -0.490 e. The van der Waals surface area contributed by atoms with Crippen molar-refractivity contribution in [3.05, 3.63) is 29.8 Å². The second-order valence-corrected chi connectivity index (χ2v) is 6.14. The molecule has 1 aromatic rings. The summed E-state index contributed by atoms with van der Waals surface area (Å²) in [5, 5.41) is 0. The fraction of sp³-hybridized carbons (Fsp3) is 0.647. The minimum absolute atomic E-state index is 0.481. The van der Waals surface area contributed by atoms with Gasteiger partial charge in [-0.15, -0.1) is 0 Å². The van der Waals surface area contributed by atoms with Crippen molar-refractivity contribution < 1.29 is 4.74 Å². The van der Waals surface area contributed by atoms with Gasteiger partial charge in [0.2, 0.25) is 0 Å². The Morgan fingerprint density at radius 1 is 1.32 bits per heavy atom. The Labute approximate surface area is 117 Å². The van der Waals surface area contributed by atoms with Crippen LogP contribution < -0.4 is 4.74 Å². The molecular weight excluding hydrogens is 234 g/mol. The fourth-order valence-corrected chi connectivity index (χ4v) is 2.87.